The number of fused-ring (bicyclic) bond motifs is 1. The van der Waals surface area contributed by atoms with E-state index in [1.165, 1.54) is 36.8 Å². The number of aromatic nitrogens is 3. The van der Waals surface area contributed by atoms with Gasteiger partial charge in [0.05, 0.1) is 34.7 Å². The first-order valence-corrected chi connectivity index (χ1v) is 11.5. The van der Waals surface area contributed by atoms with Gasteiger partial charge in [-0.1, -0.05) is 0 Å². The number of carboxylic acid groups (broad SMARTS) is 1. The summed E-state index contributed by atoms with van der Waals surface area (Å²) in [6, 6.07) is 11.0. The molecular weight excluding hydrogens is 479 g/mol. The van der Waals surface area contributed by atoms with Gasteiger partial charge in [-0.15, -0.1) is 0 Å². The van der Waals surface area contributed by atoms with Gasteiger partial charge in [-0.3, -0.25) is 4.79 Å². The number of hydrogen-bond donors (Lipinski definition) is 2. The monoisotopic (exact) mass is 500 g/mol. The largest absolute Gasteiger partial charge is 0.477 e. The van der Waals surface area contributed by atoms with Crippen LogP contribution in [0.25, 0.3) is 16.6 Å². The fraction of sp³-hybridized carbons (Fsp3) is 0.192. The van der Waals surface area contributed by atoms with Crippen molar-refractivity contribution in [1.29, 1.82) is 5.26 Å². The zero-order chi connectivity index (χ0) is 26.1. The van der Waals surface area contributed by atoms with Crippen molar-refractivity contribution in [3.8, 4) is 17.6 Å². The minimum atomic E-state index is -1.38. The lowest BCUT2D eigenvalue weighted by Crippen LogP contribution is -2.35. The highest BCUT2D eigenvalue weighted by Crippen LogP contribution is 2.33. The summed E-state index contributed by atoms with van der Waals surface area (Å²) in [6.45, 7) is 0.753. The van der Waals surface area contributed by atoms with Crippen molar-refractivity contribution in [2.75, 3.05) is 23.8 Å². The molecule has 1 atom stereocenters. The fourth-order valence-corrected chi connectivity index (χ4v) is 4.57. The predicted octanol–water partition coefficient (Wildman–Crippen LogP) is 3.12. The first-order chi connectivity index (χ1) is 17.9. The van der Waals surface area contributed by atoms with Crippen molar-refractivity contribution in [2.45, 2.75) is 18.9 Å². The quantitative estimate of drug-likeness (QED) is 0.407. The molecule has 4 heterocycles. The van der Waals surface area contributed by atoms with Crippen LogP contribution in [0.3, 0.4) is 0 Å². The number of nitrogens with zero attached hydrogens (tertiary/aromatic N) is 5. The number of carbonyl (C=O) groups is 1. The molecule has 186 valence electrons. The van der Waals surface area contributed by atoms with E-state index in [0.717, 1.165) is 12.8 Å². The summed E-state index contributed by atoms with van der Waals surface area (Å²) >= 11 is 0. The zero-order valence-electron chi connectivity index (χ0n) is 19.5. The number of rotatable bonds is 6. The van der Waals surface area contributed by atoms with Crippen LogP contribution in [0.1, 0.15) is 28.8 Å². The third-order valence-corrected chi connectivity index (χ3v) is 6.34. The molecule has 11 heteroatoms. The number of anilines is 2. The van der Waals surface area contributed by atoms with E-state index in [0.29, 0.717) is 23.4 Å². The van der Waals surface area contributed by atoms with E-state index in [1.807, 2.05) is 4.90 Å². The van der Waals surface area contributed by atoms with Gasteiger partial charge in [0.2, 0.25) is 11.3 Å². The summed E-state index contributed by atoms with van der Waals surface area (Å²) < 4.78 is 21.2. The maximum Gasteiger partial charge on any atom is 0.341 e. The molecule has 0 bridgehead atoms. The number of aromatic carboxylic acids is 1. The van der Waals surface area contributed by atoms with E-state index in [1.54, 1.807) is 22.8 Å². The Bertz CT molecular complexity index is 1610. The second-order valence-corrected chi connectivity index (χ2v) is 8.58. The lowest BCUT2D eigenvalue weighted by atomic mass is 10.0. The molecule has 1 aliphatic heterocycles. The predicted molar refractivity (Wildman–Crippen MR) is 133 cm³/mol. The van der Waals surface area contributed by atoms with Crippen LogP contribution in [-0.2, 0) is 0 Å². The standard InChI is InChI=1S/C26H21FN6O4/c27-20-4-1-7-30-25(20)37-14-17-3-2-8-32(17)21-10-22-18(9-15(21)11-28)24(34)19(26(35)36)13-33(22)16-5-6-23(29)31-12-16/h1,4-7,9-10,12-13,17H,2-3,8,14H2,(H2,29,31)(H,35,36)/t17-/m1/s1. The number of ether oxygens (including phenoxy) is 1. The van der Waals surface area contributed by atoms with Gasteiger partial charge >= 0.3 is 5.97 Å². The Balaban J connectivity index is 1.63. The molecule has 10 nitrogen and oxygen atoms in total. The molecule has 0 unspecified atom stereocenters. The minimum Gasteiger partial charge on any atom is -0.477 e. The summed E-state index contributed by atoms with van der Waals surface area (Å²) in [6.07, 6.45) is 5.71. The molecule has 3 N–H and O–H groups in total. The molecule has 1 aromatic carbocycles. The van der Waals surface area contributed by atoms with Crippen molar-refractivity contribution < 1.29 is 19.0 Å². The lowest BCUT2D eigenvalue weighted by Gasteiger charge is -2.28. The number of nitriles is 1. The highest BCUT2D eigenvalue weighted by Gasteiger charge is 2.29. The van der Waals surface area contributed by atoms with Crippen LogP contribution in [-0.4, -0.2) is 44.8 Å². The molecule has 4 aromatic rings. The summed E-state index contributed by atoms with van der Waals surface area (Å²) in [5, 5.41) is 19.7. The van der Waals surface area contributed by atoms with E-state index >= 15 is 0 Å². The van der Waals surface area contributed by atoms with Gasteiger partial charge in [-0.05, 0) is 49.2 Å². The molecule has 0 aliphatic carbocycles. The summed E-state index contributed by atoms with van der Waals surface area (Å²) in [5.41, 5.74) is 6.24. The SMILES string of the molecule is N#Cc1cc2c(=O)c(C(=O)O)cn(-c3ccc(N)nc3)c2cc1N1CCC[C@@H]1COc1ncccc1F. The molecule has 0 spiro atoms. The highest BCUT2D eigenvalue weighted by molar-refractivity contribution is 5.95. The smallest absolute Gasteiger partial charge is 0.341 e. The Morgan fingerprint density at radius 3 is 2.84 bits per heavy atom. The van der Waals surface area contributed by atoms with Crippen LogP contribution in [0.15, 0.2) is 59.8 Å². The molecule has 37 heavy (non-hydrogen) atoms. The number of pyridine rings is 3. The third-order valence-electron chi connectivity index (χ3n) is 6.34. The number of nitrogens with two attached hydrogens (primary N) is 1. The number of hydrogen-bond acceptors (Lipinski definition) is 8. The first kappa shape index (κ1) is 23.7. The average Bonchev–Trinajstić information content (AvgIpc) is 3.36. The van der Waals surface area contributed by atoms with E-state index in [-0.39, 0.29) is 35.3 Å². The second kappa shape index (κ2) is 9.58. The van der Waals surface area contributed by atoms with Gasteiger partial charge in [-0.25, -0.2) is 19.2 Å². The normalized spacial score (nSPS) is 15.0. The Morgan fingerprint density at radius 1 is 1.30 bits per heavy atom. The van der Waals surface area contributed by atoms with E-state index in [2.05, 4.69) is 16.0 Å². The van der Waals surface area contributed by atoms with Crippen molar-refractivity contribution >= 4 is 28.4 Å². The van der Waals surface area contributed by atoms with Crippen LogP contribution in [0.2, 0.25) is 0 Å². The fourth-order valence-electron chi connectivity index (χ4n) is 4.57. The summed E-state index contributed by atoms with van der Waals surface area (Å²) in [5.74, 6) is -1.76. The van der Waals surface area contributed by atoms with Crippen molar-refractivity contribution in [2.24, 2.45) is 0 Å². The number of halogens is 1. The summed E-state index contributed by atoms with van der Waals surface area (Å²) in [4.78, 5) is 34.9. The van der Waals surface area contributed by atoms with Crippen LogP contribution in [0.5, 0.6) is 5.88 Å². The second-order valence-electron chi connectivity index (χ2n) is 8.58. The van der Waals surface area contributed by atoms with Gasteiger partial charge in [0.25, 0.3) is 0 Å². The molecule has 1 aliphatic rings. The van der Waals surface area contributed by atoms with Gasteiger partial charge < -0.3 is 25.0 Å². The topological polar surface area (TPSA) is 147 Å². The molecule has 0 radical (unpaired) electrons. The molecule has 3 aromatic heterocycles. The van der Waals surface area contributed by atoms with Gasteiger partial charge in [0, 0.05) is 24.3 Å². The first-order valence-electron chi connectivity index (χ1n) is 11.5. The van der Waals surface area contributed by atoms with Crippen LogP contribution >= 0.6 is 0 Å². The van der Waals surface area contributed by atoms with Gasteiger partial charge in [0.1, 0.15) is 24.1 Å². The molecule has 1 fully saturated rings. The third kappa shape index (κ3) is 4.40. The van der Waals surface area contributed by atoms with E-state index < -0.39 is 22.8 Å². The van der Waals surface area contributed by atoms with Crippen LogP contribution in [0, 0.1) is 17.1 Å². The van der Waals surface area contributed by atoms with Crippen molar-refractivity contribution in [3.63, 3.8) is 0 Å². The van der Waals surface area contributed by atoms with Crippen molar-refractivity contribution in [1.82, 2.24) is 14.5 Å². The number of benzene rings is 1. The molecule has 5 rings (SSSR count). The highest BCUT2D eigenvalue weighted by atomic mass is 19.1. The molecule has 1 saturated heterocycles. The number of nitrogen functional groups attached to an aromatic ring is 1. The Hall–Kier alpha value is -4.98. The Morgan fingerprint density at radius 2 is 2.14 bits per heavy atom. The van der Waals surface area contributed by atoms with E-state index in [4.69, 9.17) is 10.5 Å². The van der Waals surface area contributed by atoms with E-state index in [9.17, 15) is 24.3 Å². The molecule has 0 amide bonds. The Kier molecular flexibility index (Phi) is 6.15. The average molecular weight is 500 g/mol. The number of carboxylic acids is 1. The molecular formula is C26H21FN6O4. The minimum absolute atomic E-state index is 0.0829. The van der Waals surface area contributed by atoms with Crippen molar-refractivity contribution in [3.05, 3.63) is 82.2 Å². The van der Waals surface area contributed by atoms with Gasteiger partial charge in [-0.2, -0.15) is 5.26 Å². The maximum absolute atomic E-state index is 14.0. The van der Waals surface area contributed by atoms with Gasteiger partial charge in [0.15, 0.2) is 5.82 Å². The zero-order valence-corrected chi connectivity index (χ0v) is 19.5. The molecule has 0 saturated carbocycles. The summed E-state index contributed by atoms with van der Waals surface area (Å²) in [7, 11) is 0. The van der Waals surface area contributed by atoms with Crippen LogP contribution in [0.4, 0.5) is 15.9 Å². The Labute approximate surface area is 210 Å². The van der Waals surface area contributed by atoms with Crippen LogP contribution < -0.4 is 20.8 Å². The maximum atomic E-state index is 14.0. The lowest BCUT2D eigenvalue weighted by molar-refractivity contribution is 0.0695.